The molecule has 0 spiro atoms. The monoisotopic (exact) mass is 390 g/mol. The molecule has 0 bridgehead atoms. The largest absolute Gasteiger partial charge is 0.366 e. The number of primary amides is 1. The van der Waals surface area contributed by atoms with Gasteiger partial charge < -0.3 is 11.1 Å². The van der Waals surface area contributed by atoms with E-state index >= 15 is 0 Å². The number of fused-ring (bicyclic) bond motifs is 1. The zero-order valence-electron chi connectivity index (χ0n) is 14.6. The van der Waals surface area contributed by atoms with Gasteiger partial charge in [-0.3, -0.25) is 14.0 Å². The lowest BCUT2D eigenvalue weighted by Crippen LogP contribution is -2.15. The maximum Gasteiger partial charge on any atom is 0.274 e. The van der Waals surface area contributed by atoms with E-state index in [1.165, 1.54) is 6.20 Å². The summed E-state index contributed by atoms with van der Waals surface area (Å²) in [5, 5.41) is 3.25. The van der Waals surface area contributed by atoms with Gasteiger partial charge in [0.15, 0.2) is 0 Å². The third-order valence-electron chi connectivity index (χ3n) is 4.36. The zero-order valence-corrected chi connectivity index (χ0v) is 15.4. The van der Waals surface area contributed by atoms with Crippen molar-refractivity contribution in [3.63, 3.8) is 0 Å². The Hall–Kier alpha value is -3.64. The number of hydrogen-bond acceptors (Lipinski definition) is 3. The maximum absolute atomic E-state index is 12.9. The number of halogens is 1. The van der Waals surface area contributed by atoms with E-state index in [2.05, 4.69) is 10.3 Å². The average molecular weight is 391 g/mol. The van der Waals surface area contributed by atoms with Gasteiger partial charge in [0.25, 0.3) is 5.91 Å². The van der Waals surface area contributed by atoms with Crippen LogP contribution in [0.3, 0.4) is 0 Å². The normalized spacial score (nSPS) is 10.8. The molecule has 2 aromatic heterocycles. The fourth-order valence-electron chi connectivity index (χ4n) is 3.01. The first-order valence-corrected chi connectivity index (χ1v) is 8.84. The molecule has 0 aliphatic carbocycles. The number of benzene rings is 2. The molecule has 2 heterocycles. The number of pyridine rings is 1. The van der Waals surface area contributed by atoms with Gasteiger partial charge in [-0.05, 0) is 35.9 Å². The number of nitrogens with two attached hydrogens (primary N) is 1. The van der Waals surface area contributed by atoms with E-state index in [9.17, 15) is 9.59 Å². The molecule has 138 valence electrons. The summed E-state index contributed by atoms with van der Waals surface area (Å²) in [7, 11) is 0. The molecular weight excluding hydrogens is 376 g/mol. The lowest BCUT2D eigenvalue weighted by atomic mass is 10.0. The van der Waals surface area contributed by atoms with Gasteiger partial charge in [-0.1, -0.05) is 41.9 Å². The number of aromatic nitrogens is 2. The Morgan fingerprint density at radius 3 is 2.68 bits per heavy atom. The summed E-state index contributed by atoms with van der Waals surface area (Å²) in [4.78, 5) is 28.6. The van der Waals surface area contributed by atoms with Crippen molar-refractivity contribution in [1.82, 2.24) is 9.38 Å². The minimum Gasteiger partial charge on any atom is -0.366 e. The van der Waals surface area contributed by atoms with E-state index in [0.29, 0.717) is 38.7 Å². The Balaban J connectivity index is 1.75. The van der Waals surface area contributed by atoms with Gasteiger partial charge in [0.05, 0.1) is 16.9 Å². The van der Waals surface area contributed by atoms with Crippen LogP contribution in [0.5, 0.6) is 0 Å². The Labute approximate surface area is 165 Å². The second kappa shape index (κ2) is 7.17. The van der Waals surface area contributed by atoms with Gasteiger partial charge in [-0.2, -0.15) is 0 Å². The number of imidazole rings is 1. The van der Waals surface area contributed by atoms with Crippen molar-refractivity contribution in [2.45, 2.75) is 0 Å². The molecule has 2 aromatic carbocycles. The van der Waals surface area contributed by atoms with E-state index in [1.807, 2.05) is 30.3 Å². The first-order valence-electron chi connectivity index (χ1n) is 8.47. The highest BCUT2D eigenvalue weighted by molar-refractivity contribution is 6.34. The number of carbonyl (C=O) groups is 2. The molecule has 0 fully saturated rings. The first-order chi connectivity index (χ1) is 13.5. The van der Waals surface area contributed by atoms with E-state index in [1.54, 1.807) is 40.9 Å². The highest BCUT2D eigenvalue weighted by Crippen LogP contribution is 2.34. The molecule has 28 heavy (non-hydrogen) atoms. The fourth-order valence-corrected chi connectivity index (χ4v) is 3.23. The highest BCUT2D eigenvalue weighted by atomic mass is 35.5. The van der Waals surface area contributed by atoms with Gasteiger partial charge >= 0.3 is 0 Å². The number of hydrogen-bond donors (Lipinski definition) is 2. The zero-order chi connectivity index (χ0) is 19.7. The smallest absolute Gasteiger partial charge is 0.274 e. The van der Waals surface area contributed by atoms with Crippen molar-refractivity contribution < 1.29 is 9.59 Å². The summed E-state index contributed by atoms with van der Waals surface area (Å²) in [6.45, 7) is 0. The molecule has 0 unspecified atom stereocenters. The van der Waals surface area contributed by atoms with Gasteiger partial charge in [0.1, 0.15) is 11.3 Å². The Morgan fingerprint density at radius 1 is 1.04 bits per heavy atom. The van der Waals surface area contributed by atoms with Crippen LogP contribution in [0.1, 0.15) is 20.8 Å². The molecule has 0 aliphatic rings. The molecule has 0 radical (unpaired) electrons. The molecule has 4 rings (SSSR count). The van der Waals surface area contributed by atoms with Crippen LogP contribution in [0.2, 0.25) is 5.02 Å². The number of para-hydroxylation sites is 1. The number of nitrogens with zero attached hydrogens (tertiary/aromatic N) is 2. The van der Waals surface area contributed by atoms with Crippen LogP contribution in [-0.2, 0) is 0 Å². The van der Waals surface area contributed by atoms with Crippen molar-refractivity contribution in [3.8, 4) is 11.1 Å². The van der Waals surface area contributed by atoms with Crippen LogP contribution in [-0.4, -0.2) is 21.2 Å². The molecule has 2 amide bonds. The van der Waals surface area contributed by atoms with Gasteiger partial charge in [0.2, 0.25) is 5.91 Å². The number of nitrogens with one attached hydrogen (secondary N) is 1. The molecule has 7 heteroatoms. The predicted octanol–water partition coefficient (Wildman–Crippen LogP) is 4.01. The predicted molar refractivity (Wildman–Crippen MR) is 109 cm³/mol. The molecule has 3 N–H and O–H groups in total. The van der Waals surface area contributed by atoms with Crippen LogP contribution in [0.15, 0.2) is 73.1 Å². The second-order valence-electron chi connectivity index (χ2n) is 6.13. The second-order valence-corrected chi connectivity index (χ2v) is 6.54. The van der Waals surface area contributed by atoms with Crippen LogP contribution in [0, 0.1) is 0 Å². The van der Waals surface area contributed by atoms with E-state index in [-0.39, 0.29) is 5.91 Å². The van der Waals surface area contributed by atoms with Crippen LogP contribution < -0.4 is 11.1 Å². The molecule has 0 aliphatic heterocycles. The quantitative estimate of drug-likeness (QED) is 0.551. The van der Waals surface area contributed by atoms with Crippen LogP contribution in [0.4, 0.5) is 5.69 Å². The summed E-state index contributed by atoms with van der Waals surface area (Å²) < 4.78 is 1.69. The minimum atomic E-state index is -0.528. The third-order valence-corrected chi connectivity index (χ3v) is 4.67. The van der Waals surface area contributed by atoms with Gasteiger partial charge in [0, 0.05) is 17.3 Å². The lowest BCUT2D eigenvalue weighted by Gasteiger charge is -2.13. The molecular formula is C21H15ClN4O2. The van der Waals surface area contributed by atoms with E-state index in [4.69, 9.17) is 17.3 Å². The molecule has 0 atom stereocenters. The third kappa shape index (κ3) is 3.21. The van der Waals surface area contributed by atoms with Crippen molar-refractivity contribution in [1.29, 1.82) is 0 Å². The lowest BCUT2D eigenvalue weighted by molar-refractivity contribution is 0.0997. The SMILES string of the molecule is NC(=O)c1cccc(-c2cccc(Cl)c2NC(=O)c2cnc3ccccn23)c1. The standard InChI is InChI=1S/C21H15ClN4O2/c22-16-8-4-7-15(13-5-3-6-14(11-13)20(23)27)19(16)25-21(28)17-12-24-18-9-1-2-10-26(17)18/h1-12H,(H2,23,27)(H,25,28). The number of rotatable bonds is 4. The Kier molecular flexibility index (Phi) is 4.55. The van der Waals surface area contributed by atoms with Crippen molar-refractivity contribution >= 4 is 34.7 Å². The Morgan fingerprint density at radius 2 is 1.86 bits per heavy atom. The number of amides is 2. The summed E-state index contributed by atoms with van der Waals surface area (Å²) in [6, 6.07) is 17.6. The molecule has 0 saturated heterocycles. The highest BCUT2D eigenvalue weighted by Gasteiger charge is 2.17. The van der Waals surface area contributed by atoms with Crippen molar-refractivity contribution in [2.75, 3.05) is 5.32 Å². The first kappa shape index (κ1) is 17.8. The fraction of sp³-hybridized carbons (Fsp3) is 0. The minimum absolute atomic E-state index is 0.348. The summed E-state index contributed by atoms with van der Waals surface area (Å²) in [5.74, 6) is -0.876. The maximum atomic E-state index is 12.9. The van der Waals surface area contributed by atoms with Gasteiger partial charge in [-0.25, -0.2) is 4.98 Å². The summed E-state index contributed by atoms with van der Waals surface area (Å²) in [5.41, 5.74) is 8.64. The number of anilines is 1. The summed E-state index contributed by atoms with van der Waals surface area (Å²) in [6.07, 6.45) is 3.27. The van der Waals surface area contributed by atoms with Crippen LogP contribution >= 0.6 is 11.6 Å². The Bertz CT molecular complexity index is 1220. The van der Waals surface area contributed by atoms with E-state index < -0.39 is 5.91 Å². The summed E-state index contributed by atoms with van der Waals surface area (Å²) >= 11 is 6.38. The number of carbonyl (C=O) groups excluding carboxylic acids is 2. The topological polar surface area (TPSA) is 89.5 Å². The van der Waals surface area contributed by atoms with Crippen molar-refractivity contribution in [3.05, 3.63) is 89.3 Å². The van der Waals surface area contributed by atoms with E-state index in [0.717, 1.165) is 0 Å². The van der Waals surface area contributed by atoms with Gasteiger partial charge in [-0.15, -0.1) is 0 Å². The van der Waals surface area contributed by atoms with Crippen LogP contribution in [0.25, 0.3) is 16.8 Å². The average Bonchev–Trinajstić information content (AvgIpc) is 3.14. The molecule has 6 nitrogen and oxygen atoms in total. The molecule has 4 aromatic rings. The molecule has 0 saturated carbocycles. The van der Waals surface area contributed by atoms with Crippen molar-refractivity contribution in [2.24, 2.45) is 5.73 Å².